The van der Waals surface area contributed by atoms with Crippen LogP contribution in [0.1, 0.15) is 33.1 Å². The Bertz CT molecular complexity index is 199. The molecule has 1 unspecified atom stereocenters. The molecule has 2 heteroatoms. The fourth-order valence-corrected chi connectivity index (χ4v) is 3.63. The molecule has 2 saturated heterocycles. The van der Waals surface area contributed by atoms with E-state index in [0.717, 1.165) is 11.8 Å². The topological polar surface area (TPSA) is 15.3 Å². The van der Waals surface area contributed by atoms with Crippen LogP contribution in [0.3, 0.4) is 0 Å². The van der Waals surface area contributed by atoms with E-state index >= 15 is 0 Å². The highest BCUT2D eigenvalue weighted by atomic mass is 15.1. The Morgan fingerprint density at radius 3 is 2.40 bits per heavy atom. The molecule has 0 bridgehead atoms. The normalized spacial score (nSPS) is 35.2. The predicted molar refractivity (Wildman–Crippen MR) is 65.0 cm³/mol. The van der Waals surface area contributed by atoms with E-state index in [1.807, 2.05) is 0 Å². The molecule has 2 aliphatic heterocycles. The second kappa shape index (κ2) is 4.42. The zero-order valence-corrected chi connectivity index (χ0v) is 10.6. The van der Waals surface area contributed by atoms with Crippen molar-refractivity contribution >= 4 is 0 Å². The molecule has 2 heterocycles. The van der Waals surface area contributed by atoms with Crippen molar-refractivity contribution in [2.45, 2.75) is 33.1 Å². The molecule has 0 aliphatic carbocycles. The second-order valence-electron chi connectivity index (χ2n) is 5.89. The first-order chi connectivity index (χ1) is 7.15. The third kappa shape index (κ3) is 2.07. The summed E-state index contributed by atoms with van der Waals surface area (Å²) in [7, 11) is 2.26. The van der Waals surface area contributed by atoms with Gasteiger partial charge in [-0.3, -0.25) is 0 Å². The van der Waals surface area contributed by atoms with Crippen LogP contribution in [0.5, 0.6) is 0 Å². The maximum atomic E-state index is 3.59. The summed E-state index contributed by atoms with van der Waals surface area (Å²) in [6.45, 7) is 9.96. The van der Waals surface area contributed by atoms with E-state index in [1.165, 1.54) is 45.4 Å². The quantitative estimate of drug-likeness (QED) is 0.749. The minimum atomic E-state index is 0.612. The van der Waals surface area contributed by atoms with Crippen LogP contribution in [-0.4, -0.2) is 38.1 Å². The van der Waals surface area contributed by atoms with Gasteiger partial charge in [0.15, 0.2) is 0 Å². The number of piperidine rings is 1. The standard InChI is InChI=1S/C13H26N2/c1-11(2)13(6-7-14-10-13)12-4-8-15(3)9-5-12/h11-12,14H,4-10H2,1-3H3. The summed E-state index contributed by atoms with van der Waals surface area (Å²) >= 11 is 0. The highest BCUT2D eigenvalue weighted by molar-refractivity contribution is 4.96. The van der Waals surface area contributed by atoms with Gasteiger partial charge in [-0.25, -0.2) is 0 Å². The molecule has 0 saturated carbocycles. The van der Waals surface area contributed by atoms with E-state index in [1.54, 1.807) is 0 Å². The fourth-order valence-electron chi connectivity index (χ4n) is 3.63. The van der Waals surface area contributed by atoms with Crippen LogP contribution in [0.15, 0.2) is 0 Å². The Morgan fingerprint density at radius 1 is 1.27 bits per heavy atom. The summed E-state index contributed by atoms with van der Waals surface area (Å²) in [6, 6.07) is 0. The van der Waals surface area contributed by atoms with E-state index in [2.05, 4.69) is 31.1 Å². The maximum Gasteiger partial charge on any atom is 0.00134 e. The van der Waals surface area contributed by atoms with Crippen molar-refractivity contribution in [1.29, 1.82) is 0 Å². The summed E-state index contributed by atoms with van der Waals surface area (Å²) in [5.74, 6) is 1.80. The number of likely N-dealkylation sites (tertiary alicyclic amines) is 1. The van der Waals surface area contributed by atoms with Crippen molar-refractivity contribution in [2.24, 2.45) is 17.3 Å². The lowest BCUT2D eigenvalue weighted by atomic mass is 9.64. The van der Waals surface area contributed by atoms with Gasteiger partial charge in [0.2, 0.25) is 0 Å². The zero-order chi connectivity index (χ0) is 10.9. The van der Waals surface area contributed by atoms with E-state index in [9.17, 15) is 0 Å². The van der Waals surface area contributed by atoms with Crippen molar-refractivity contribution in [3.63, 3.8) is 0 Å². The molecular weight excluding hydrogens is 184 g/mol. The highest BCUT2D eigenvalue weighted by Crippen LogP contribution is 2.45. The molecule has 2 nitrogen and oxygen atoms in total. The summed E-state index contributed by atoms with van der Waals surface area (Å²) < 4.78 is 0. The first-order valence-corrected chi connectivity index (χ1v) is 6.54. The van der Waals surface area contributed by atoms with Crippen molar-refractivity contribution in [2.75, 3.05) is 33.2 Å². The van der Waals surface area contributed by atoms with Crippen LogP contribution in [0.25, 0.3) is 0 Å². The molecule has 0 spiro atoms. The van der Waals surface area contributed by atoms with E-state index in [4.69, 9.17) is 0 Å². The molecule has 1 N–H and O–H groups in total. The molecule has 1 atom stereocenters. The number of rotatable bonds is 2. The average molecular weight is 210 g/mol. The average Bonchev–Trinajstić information content (AvgIpc) is 2.69. The van der Waals surface area contributed by atoms with Crippen LogP contribution in [-0.2, 0) is 0 Å². The first kappa shape index (κ1) is 11.4. The highest BCUT2D eigenvalue weighted by Gasteiger charge is 2.44. The summed E-state index contributed by atoms with van der Waals surface area (Å²) in [5.41, 5.74) is 0.612. The SMILES string of the molecule is CC(C)C1(C2CCN(C)CC2)CCNC1. The van der Waals surface area contributed by atoms with Crippen LogP contribution in [0.4, 0.5) is 0 Å². The minimum Gasteiger partial charge on any atom is -0.316 e. The lowest BCUT2D eigenvalue weighted by Crippen LogP contribution is -2.43. The van der Waals surface area contributed by atoms with Gasteiger partial charge in [0.1, 0.15) is 0 Å². The maximum absolute atomic E-state index is 3.59. The molecule has 0 aromatic rings. The minimum absolute atomic E-state index is 0.612. The van der Waals surface area contributed by atoms with Crippen LogP contribution in [0, 0.1) is 17.3 Å². The van der Waals surface area contributed by atoms with Gasteiger partial charge >= 0.3 is 0 Å². The molecule has 0 amide bonds. The van der Waals surface area contributed by atoms with Crippen molar-refractivity contribution < 1.29 is 0 Å². The molecule has 2 fully saturated rings. The Labute approximate surface area is 94.4 Å². The number of hydrogen-bond donors (Lipinski definition) is 1. The van der Waals surface area contributed by atoms with Gasteiger partial charge in [-0.1, -0.05) is 13.8 Å². The van der Waals surface area contributed by atoms with Gasteiger partial charge in [0.05, 0.1) is 0 Å². The van der Waals surface area contributed by atoms with E-state index in [-0.39, 0.29) is 0 Å². The largest absolute Gasteiger partial charge is 0.316 e. The number of nitrogens with zero attached hydrogens (tertiary/aromatic N) is 1. The Morgan fingerprint density at radius 2 is 1.93 bits per heavy atom. The van der Waals surface area contributed by atoms with Gasteiger partial charge in [0, 0.05) is 6.54 Å². The Balaban J connectivity index is 2.05. The molecule has 0 radical (unpaired) electrons. The lowest BCUT2D eigenvalue weighted by molar-refractivity contribution is 0.0588. The first-order valence-electron chi connectivity index (χ1n) is 6.54. The summed E-state index contributed by atoms with van der Waals surface area (Å²) in [6.07, 6.45) is 4.23. The Hall–Kier alpha value is -0.0800. The third-order valence-electron chi connectivity index (χ3n) is 4.90. The summed E-state index contributed by atoms with van der Waals surface area (Å²) in [5, 5.41) is 3.59. The van der Waals surface area contributed by atoms with Crippen molar-refractivity contribution in [3.05, 3.63) is 0 Å². The monoisotopic (exact) mass is 210 g/mol. The van der Waals surface area contributed by atoms with E-state index < -0.39 is 0 Å². The smallest absolute Gasteiger partial charge is 0.00134 e. The van der Waals surface area contributed by atoms with Crippen molar-refractivity contribution in [3.8, 4) is 0 Å². The van der Waals surface area contributed by atoms with Crippen LogP contribution < -0.4 is 5.32 Å². The van der Waals surface area contributed by atoms with Crippen LogP contribution in [0.2, 0.25) is 0 Å². The van der Waals surface area contributed by atoms with Gasteiger partial charge < -0.3 is 10.2 Å². The molecule has 2 aliphatic rings. The summed E-state index contributed by atoms with van der Waals surface area (Å²) in [4.78, 5) is 2.48. The second-order valence-corrected chi connectivity index (χ2v) is 5.89. The number of nitrogens with one attached hydrogen (secondary N) is 1. The molecular formula is C13H26N2. The number of hydrogen-bond acceptors (Lipinski definition) is 2. The third-order valence-corrected chi connectivity index (χ3v) is 4.90. The molecule has 88 valence electrons. The zero-order valence-electron chi connectivity index (χ0n) is 10.6. The van der Waals surface area contributed by atoms with Gasteiger partial charge in [0.25, 0.3) is 0 Å². The molecule has 0 aromatic heterocycles. The van der Waals surface area contributed by atoms with E-state index in [0.29, 0.717) is 5.41 Å². The molecule has 15 heavy (non-hydrogen) atoms. The van der Waals surface area contributed by atoms with Crippen molar-refractivity contribution in [1.82, 2.24) is 10.2 Å². The van der Waals surface area contributed by atoms with Gasteiger partial charge in [-0.15, -0.1) is 0 Å². The van der Waals surface area contributed by atoms with Gasteiger partial charge in [-0.05, 0) is 63.2 Å². The van der Waals surface area contributed by atoms with Gasteiger partial charge in [-0.2, -0.15) is 0 Å². The molecule has 2 rings (SSSR count). The lowest BCUT2D eigenvalue weighted by Gasteiger charge is -2.44. The predicted octanol–water partition coefficient (Wildman–Crippen LogP) is 1.96. The fraction of sp³-hybridized carbons (Fsp3) is 1.00. The molecule has 0 aromatic carbocycles. The Kier molecular flexibility index (Phi) is 3.36. The van der Waals surface area contributed by atoms with Crippen LogP contribution >= 0.6 is 0 Å².